The highest BCUT2D eigenvalue weighted by Gasteiger charge is 2.25. The number of ether oxygens (including phenoxy) is 1. The molecular weight excluding hydrogens is 303 g/mol. The Balaban J connectivity index is 2.17. The van der Waals surface area contributed by atoms with Crippen molar-refractivity contribution in [1.82, 2.24) is 10.3 Å². The summed E-state index contributed by atoms with van der Waals surface area (Å²) in [5.41, 5.74) is 0.572. The van der Waals surface area contributed by atoms with Crippen molar-refractivity contribution < 1.29 is 23.8 Å². The predicted octanol–water partition coefficient (Wildman–Crippen LogP) is 2.83. The number of nitrogens with one attached hydrogen (secondary N) is 2. The molecule has 3 N–H and O–H groups in total. The third kappa shape index (κ3) is 4.45. The van der Waals surface area contributed by atoms with Gasteiger partial charge < -0.3 is 20.1 Å². The normalized spacial score (nSPS) is 12.9. The number of carboxylic acids is 1. The molecule has 0 aliphatic heterocycles. The molecule has 7 heteroatoms. The third-order valence-corrected chi connectivity index (χ3v) is 3.14. The first-order valence-corrected chi connectivity index (χ1v) is 7.13. The van der Waals surface area contributed by atoms with Gasteiger partial charge in [-0.2, -0.15) is 0 Å². The highest BCUT2D eigenvalue weighted by Crippen LogP contribution is 2.21. The van der Waals surface area contributed by atoms with Crippen LogP contribution in [0.5, 0.6) is 0 Å². The quantitative estimate of drug-likeness (QED) is 0.807. The summed E-state index contributed by atoms with van der Waals surface area (Å²) in [6.07, 6.45) is 0.811. The van der Waals surface area contributed by atoms with Gasteiger partial charge in [-0.05, 0) is 44.5 Å². The lowest BCUT2D eigenvalue weighted by Gasteiger charge is -2.22. The minimum Gasteiger partial charge on any atom is -0.480 e. The molecule has 1 amide bonds. The second-order valence-corrected chi connectivity index (χ2v) is 6.24. The number of carboxylic acid groups (broad SMARTS) is 1. The summed E-state index contributed by atoms with van der Waals surface area (Å²) < 4.78 is 18.4. The molecule has 0 radical (unpaired) electrons. The van der Waals surface area contributed by atoms with Crippen molar-refractivity contribution in [3.05, 3.63) is 35.8 Å². The van der Waals surface area contributed by atoms with Crippen molar-refractivity contribution in [1.29, 1.82) is 0 Å². The molecule has 23 heavy (non-hydrogen) atoms. The summed E-state index contributed by atoms with van der Waals surface area (Å²) in [4.78, 5) is 26.1. The number of alkyl carbamates (subject to hydrolysis) is 1. The molecule has 124 valence electrons. The SMILES string of the molecule is CC(C)(C)OC(=O)N[C@H](Cc1c[nH]c2ccc(F)cc12)C(=O)O. The number of halogens is 1. The van der Waals surface area contributed by atoms with Crippen molar-refractivity contribution in [2.75, 3.05) is 0 Å². The molecule has 0 aliphatic rings. The lowest BCUT2D eigenvalue weighted by Crippen LogP contribution is -2.44. The van der Waals surface area contributed by atoms with Gasteiger partial charge in [0.25, 0.3) is 0 Å². The van der Waals surface area contributed by atoms with Gasteiger partial charge in [-0.1, -0.05) is 0 Å². The molecule has 0 aliphatic carbocycles. The average molecular weight is 322 g/mol. The van der Waals surface area contributed by atoms with E-state index in [1.165, 1.54) is 12.1 Å². The number of aromatic amines is 1. The van der Waals surface area contributed by atoms with Crippen LogP contribution in [0.25, 0.3) is 10.9 Å². The number of benzene rings is 1. The number of fused-ring (bicyclic) bond motifs is 1. The van der Waals surface area contributed by atoms with Crippen LogP contribution in [0, 0.1) is 5.82 Å². The third-order valence-electron chi connectivity index (χ3n) is 3.14. The number of carbonyl (C=O) groups is 2. The van der Waals surface area contributed by atoms with Crippen molar-refractivity contribution in [3.8, 4) is 0 Å². The van der Waals surface area contributed by atoms with E-state index in [-0.39, 0.29) is 6.42 Å². The largest absolute Gasteiger partial charge is 0.480 e. The smallest absolute Gasteiger partial charge is 0.408 e. The molecule has 0 spiro atoms. The number of hydrogen-bond donors (Lipinski definition) is 3. The van der Waals surface area contributed by atoms with Crippen LogP contribution in [0.4, 0.5) is 9.18 Å². The molecule has 0 unspecified atom stereocenters. The summed E-state index contributed by atoms with van der Waals surface area (Å²) in [5, 5.41) is 12.2. The minimum atomic E-state index is -1.19. The first kappa shape index (κ1) is 16.8. The van der Waals surface area contributed by atoms with E-state index in [1.54, 1.807) is 33.0 Å². The lowest BCUT2D eigenvalue weighted by atomic mass is 10.1. The first-order chi connectivity index (χ1) is 10.7. The monoisotopic (exact) mass is 322 g/mol. The molecule has 2 aromatic rings. The summed E-state index contributed by atoms with van der Waals surface area (Å²) in [6, 6.07) is 3.04. The Labute approximate surface area is 132 Å². The summed E-state index contributed by atoms with van der Waals surface area (Å²) >= 11 is 0. The van der Waals surface area contributed by atoms with E-state index >= 15 is 0 Å². The van der Waals surface area contributed by atoms with Crippen LogP contribution in [0.2, 0.25) is 0 Å². The van der Waals surface area contributed by atoms with Crippen LogP contribution in [0.3, 0.4) is 0 Å². The number of amides is 1. The second-order valence-electron chi connectivity index (χ2n) is 6.24. The minimum absolute atomic E-state index is 0.0119. The van der Waals surface area contributed by atoms with Crippen molar-refractivity contribution in [3.63, 3.8) is 0 Å². The molecule has 0 bridgehead atoms. The summed E-state index contributed by atoms with van der Waals surface area (Å²) in [6.45, 7) is 5.06. The molecule has 1 aromatic carbocycles. The highest BCUT2D eigenvalue weighted by atomic mass is 19.1. The van der Waals surface area contributed by atoms with Gasteiger partial charge in [-0.3, -0.25) is 0 Å². The molecule has 0 fully saturated rings. The molecule has 1 atom stereocenters. The Morgan fingerprint density at radius 1 is 1.39 bits per heavy atom. The number of carbonyl (C=O) groups excluding carboxylic acids is 1. The average Bonchev–Trinajstić information content (AvgIpc) is 2.78. The van der Waals surface area contributed by atoms with Crippen LogP contribution in [0.1, 0.15) is 26.3 Å². The van der Waals surface area contributed by atoms with Crippen LogP contribution in [-0.4, -0.2) is 33.8 Å². The van der Waals surface area contributed by atoms with E-state index in [1.807, 2.05) is 0 Å². The summed E-state index contributed by atoms with van der Waals surface area (Å²) in [5.74, 6) is -1.60. The van der Waals surface area contributed by atoms with Gasteiger partial charge in [0.2, 0.25) is 0 Å². The number of aliphatic carboxylic acids is 1. The number of rotatable bonds is 4. The van der Waals surface area contributed by atoms with E-state index in [0.717, 1.165) is 0 Å². The number of H-pyrrole nitrogens is 1. The Bertz CT molecular complexity index is 733. The molecule has 1 aromatic heterocycles. The van der Waals surface area contributed by atoms with Crippen LogP contribution in [-0.2, 0) is 16.0 Å². The Hall–Kier alpha value is -2.57. The first-order valence-electron chi connectivity index (χ1n) is 7.13. The van der Waals surface area contributed by atoms with Crippen molar-refractivity contribution in [2.45, 2.75) is 38.8 Å². The van der Waals surface area contributed by atoms with Gasteiger partial charge >= 0.3 is 12.1 Å². The zero-order valence-electron chi connectivity index (χ0n) is 13.1. The number of hydrogen-bond acceptors (Lipinski definition) is 3. The second kappa shape index (κ2) is 6.28. The lowest BCUT2D eigenvalue weighted by molar-refractivity contribution is -0.139. The fraction of sp³-hybridized carbons (Fsp3) is 0.375. The van der Waals surface area contributed by atoms with E-state index in [2.05, 4.69) is 10.3 Å². The zero-order valence-corrected chi connectivity index (χ0v) is 13.1. The molecule has 6 nitrogen and oxygen atoms in total. The van der Waals surface area contributed by atoms with E-state index in [4.69, 9.17) is 4.74 Å². The fourth-order valence-electron chi connectivity index (χ4n) is 2.19. The topological polar surface area (TPSA) is 91.4 Å². The Morgan fingerprint density at radius 3 is 2.70 bits per heavy atom. The maximum absolute atomic E-state index is 13.4. The van der Waals surface area contributed by atoms with Crippen molar-refractivity contribution in [2.24, 2.45) is 0 Å². The molecule has 1 heterocycles. The van der Waals surface area contributed by atoms with Crippen LogP contribution >= 0.6 is 0 Å². The Morgan fingerprint density at radius 2 is 2.09 bits per heavy atom. The van der Waals surface area contributed by atoms with Gasteiger partial charge in [0, 0.05) is 23.5 Å². The van der Waals surface area contributed by atoms with Gasteiger partial charge in [0.15, 0.2) is 0 Å². The summed E-state index contributed by atoms with van der Waals surface area (Å²) in [7, 11) is 0. The molecule has 2 rings (SSSR count). The molecule has 0 saturated carbocycles. The maximum atomic E-state index is 13.4. The number of aromatic nitrogens is 1. The van der Waals surface area contributed by atoms with E-state index < -0.39 is 29.5 Å². The van der Waals surface area contributed by atoms with Gasteiger partial charge in [0.05, 0.1) is 0 Å². The van der Waals surface area contributed by atoms with Crippen LogP contribution in [0.15, 0.2) is 24.4 Å². The van der Waals surface area contributed by atoms with Crippen molar-refractivity contribution >= 4 is 23.0 Å². The van der Waals surface area contributed by atoms with Gasteiger partial charge in [-0.15, -0.1) is 0 Å². The van der Waals surface area contributed by atoms with Gasteiger partial charge in [-0.25, -0.2) is 14.0 Å². The van der Waals surface area contributed by atoms with E-state index in [0.29, 0.717) is 16.5 Å². The van der Waals surface area contributed by atoms with Gasteiger partial charge in [0.1, 0.15) is 17.5 Å². The molecule has 0 saturated heterocycles. The molecular formula is C16H19FN2O4. The highest BCUT2D eigenvalue weighted by molar-refractivity contribution is 5.85. The maximum Gasteiger partial charge on any atom is 0.408 e. The van der Waals surface area contributed by atoms with E-state index in [9.17, 15) is 19.1 Å². The Kier molecular flexibility index (Phi) is 4.58. The van der Waals surface area contributed by atoms with Crippen LogP contribution < -0.4 is 5.32 Å². The fourth-order valence-corrected chi connectivity index (χ4v) is 2.19. The predicted molar refractivity (Wildman–Crippen MR) is 82.8 cm³/mol. The standard InChI is InChI=1S/C16H19FN2O4/c1-16(2,3)23-15(22)19-13(14(20)21)6-9-8-18-12-5-4-10(17)7-11(9)12/h4-5,7-8,13,18H,6H2,1-3H3,(H,19,22)(H,20,21)/t13-/m1/s1. The zero-order chi connectivity index (χ0) is 17.2.